The Balaban J connectivity index is 0.00000312. The molecule has 0 aromatic heterocycles. The van der Waals surface area contributed by atoms with Crippen LogP contribution in [0.2, 0.25) is 0 Å². The van der Waals surface area contributed by atoms with Gasteiger partial charge in [-0.15, -0.1) is 12.4 Å². The van der Waals surface area contributed by atoms with Crippen LogP contribution < -0.4 is 15.8 Å². The van der Waals surface area contributed by atoms with E-state index in [0.717, 1.165) is 25.7 Å². The first kappa shape index (κ1) is 21.6. The fraction of sp³-hybridized carbons (Fsp3) is 0.588. The number of rotatable bonds is 5. The summed E-state index contributed by atoms with van der Waals surface area (Å²) in [7, 11) is 0. The minimum absolute atomic E-state index is 0. The predicted octanol–water partition coefficient (Wildman–Crippen LogP) is 3.57. The zero-order valence-electron chi connectivity index (χ0n) is 14.1. The molecule has 1 aliphatic carbocycles. The largest absolute Gasteiger partial charge is 0.484 e. The highest BCUT2D eigenvalue weighted by Crippen LogP contribution is 2.31. The normalized spacial score (nSPS) is 23.5. The van der Waals surface area contributed by atoms with E-state index >= 15 is 0 Å². The lowest BCUT2D eigenvalue weighted by Crippen LogP contribution is -2.52. The molecule has 1 saturated carbocycles. The highest BCUT2D eigenvalue weighted by atomic mass is 35.5. The Morgan fingerprint density at radius 2 is 2.12 bits per heavy atom. The van der Waals surface area contributed by atoms with Crippen LogP contribution in [0.1, 0.15) is 38.2 Å². The van der Waals surface area contributed by atoms with Gasteiger partial charge < -0.3 is 15.8 Å². The van der Waals surface area contributed by atoms with Gasteiger partial charge in [-0.1, -0.05) is 25.0 Å². The predicted molar refractivity (Wildman–Crippen MR) is 91.6 cm³/mol. The van der Waals surface area contributed by atoms with Crippen molar-refractivity contribution in [3.63, 3.8) is 0 Å². The molecule has 1 aromatic carbocycles. The number of amides is 1. The van der Waals surface area contributed by atoms with E-state index in [4.69, 9.17) is 10.5 Å². The summed E-state index contributed by atoms with van der Waals surface area (Å²) in [6, 6.07) is 6.27. The summed E-state index contributed by atoms with van der Waals surface area (Å²) in [5.41, 5.74) is 6.37. The van der Waals surface area contributed by atoms with Crippen LogP contribution in [0.25, 0.3) is 0 Å². The van der Waals surface area contributed by atoms with Gasteiger partial charge in [0.05, 0.1) is 5.92 Å². The van der Waals surface area contributed by atoms with E-state index in [9.17, 15) is 18.0 Å². The van der Waals surface area contributed by atoms with Gasteiger partial charge in [0.2, 0.25) is 5.91 Å². The van der Waals surface area contributed by atoms with Crippen molar-refractivity contribution in [2.24, 2.45) is 11.7 Å². The minimum Gasteiger partial charge on any atom is -0.484 e. The van der Waals surface area contributed by atoms with Gasteiger partial charge in [-0.3, -0.25) is 4.79 Å². The van der Waals surface area contributed by atoms with Gasteiger partial charge in [-0.05, 0) is 37.5 Å². The first-order valence-electron chi connectivity index (χ1n) is 8.02. The van der Waals surface area contributed by atoms with E-state index in [0.29, 0.717) is 5.56 Å². The van der Waals surface area contributed by atoms with Gasteiger partial charge in [0.15, 0.2) is 6.61 Å². The molecule has 2 atom stereocenters. The van der Waals surface area contributed by atoms with Gasteiger partial charge in [-0.25, -0.2) is 0 Å². The second-order valence-electron chi connectivity index (χ2n) is 6.57. The number of alkyl halides is 3. The number of nitrogens with two attached hydrogens (primary N) is 1. The van der Waals surface area contributed by atoms with Crippen LogP contribution in [0.15, 0.2) is 24.3 Å². The van der Waals surface area contributed by atoms with Gasteiger partial charge in [0.25, 0.3) is 0 Å². The molecule has 8 heteroatoms. The molecule has 142 valence electrons. The summed E-state index contributed by atoms with van der Waals surface area (Å²) in [6.45, 7) is 0.785. The summed E-state index contributed by atoms with van der Waals surface area (Å²) in [6.07, 6.45) is -0.808. The van der Waals surface area contributed by atoms with E-state index in [2.05, 4.69) is 5.32 Å². The van der Waals surface area contributed by atoms with E-state index in [1.54, 1.807) is 12.1 Å². The third-order valence-corrected chi connectivity index (χ3v) is 4.34. The average molecular weight is 381 g/mol. The van der Waals surface area contributed by atoms with Crippen molar-refractivity contribution in [3.05, 3.63) is 29.8 Å². The van der Waals surface area contributed by atoms with Crippen LogP contribution in [0.5, 0.6) is 5.75 Å². The van der Waals surface area contributed by atoms with E-state index in [1.165, 1.54) is 12.1 Å². The molecule has 2 unspecified atom stereocenters. The fourth-order valence-electron chi connectivity index (χ4n) is 3.01. The Labute approximate surface area is 151 Å². The van der Waals surface area contributed by atoms with Gasteiger partial charge in [-0.2, -0.15) is 13.2 Å². The zero-order valence-corrected chi connectivity index (χ0v) is 14.9. The third kappa shape index (κ3) is 6.74. The maximum absolute atomic E-state index is 12.4. The van der Waals surface area contributed by atoms with Crippen LogP contribution in [0.3, 0.4) is 0 Å². The van der Waals surface area contributed by atoms with Crippen LogP contribution in [0.4, 0.5) is 13.2 Å². The average Bonchev–Trinajstić information content (AvgIpc) is 2.50. The maximum Gasteiger partial charge on any atom is 0.422 e. The third-order valence-electron chi connectivity index (χ3n) is 4.34. The second-order valence-corrected chi connectivity index (χ2v) is 6.57. The number of carbonyl (C=O) groups excluding carboxylic acids is 1. The van der Waals surface area contributed by atoms with E-state index in [1.807, 2.05) is 6.92 Å². The first-order valence-corrected chi connectivity index (χ1v) is 8.02. The molecule has 1 aromatic rings. The summed E-state index contributed by atoms with van der Waals surface area (Å²) in [5, 5.41) is 2.83. The summed E-state index contributed by atoms with van der Waals surface area (Å²) in [4.78, 5) is 12.4. The number of halogens is 4. The smallest absolute Gasteiger partial charge is 0.422 e. The molecular weight excluding hydrogens is 357 g/mol. The van der Waals surface area contributed by atoms with E-state index < -0.39 is 18.3 Å². The minimum atomic E-state index is -4.38. The SMILES string of the molecule is CC1(N)CCCCC1C(=O)NCc1cccc(OCC(F)(F)F)c1.Cl. The number of carbonyl (C=O) groups is 1. The summed E-state index contributed by atoms with van der Waals surface area (Å²) >= 11 is 0. The molecule has 0 heterocycles. The lowest BCUT2D eigenvalue weighted by Gasteiger charge is -2.37. The Bertz CT molecular complexity index is 579. The van der Waals surface area contributed by atoms with E-state index in [-0.39, 0.29) is 36.5 Å². The van der Waals surface area contributed by atoms with Gasteiger partial charge in [0, 0.05) is 12.1 Å². The van der Waals surface area contributed by atoms with Gasteiger partial charge >= 0.3 is 6.18 Å². The quantitative estimate of drug-likeness (QED) is 0.820. The molecule has 0 saturated heterocycles. The molecule has 2 rings (SSSR count). The van der Waals surface area contributed by atoms with Crippen LogP contribution in [-0.4, -0.2) is 24.2 Å². The fourth-order valence-corrected chi connectivity index (χ4v) is 3.01. The summed E-state index contributed by atoms with van der Waals surface area (Å²) in [5.74, 6) is -0.224. The van der Waals surface area contributed by atoms with Crippen molar-refractivity contribution in [2.75, 3.05) is 6.61 Å². The lowest BCUT2D eigenvalue weighted by atomic mass is 9.74. The molecular formula is C17H24ClF3N2O2. The lowest BCUT2D eigenvalue weighted by molar-refractivity contribution is -0.153. The highest BCUT2D eigenvalue weighted by Gasteiger charge is 2.37. The number of nitrogens with one attached hydrogen (secondary N) is 1. The molecule has 0 aliphatic heterocycles. The first-order chi connectivity index (χ1) is 11.2. The van der Waals surface area contributed by atoms with Crippen molar-refractivity contribution < 1.29 is 22.7 Å². The maximum atomic E-state index is 12.4. The van der Waals surface area contributed by atoms with Gasteiger partial charge in [0.1, 0.15) is 5.75 Å². The Hall–Kier alpha value is -1.47. The second kappa shape index (κ2) is 8.76. The Kier molecular flexibility index (Phi) is 7.56. The zero-order chi connectivity index (χ0) is 17.8. The number of ether oxygens (including phenoxy) is 1. The van der Waals surface area contributed by atoms with Crippen LogP contribution in [0, 0.1) is 5.92 Å². The topological polar surface area (TPSA) is 64.4 Å². The van der Waals surface area contributed by atoms with Crippen molar-refractivity contribution in [1.82, 2.24) is 5.32 Å². The molecule has 3 N–H and O–H groups in total. The number of hydrogen-bond donors (Lipinski definition) is 2. The Morgan fingerprint density at radius 3 is 2.76 bits per heavy atom. The van der Waals surface area contributed by atoms with Crippen molar-refractivity contribution in [2.45, 2.75) is 50.9 Å². The summed E-state index contributed by atoms with van der Waals surface area (Å²) < 4.78 is 41.3. The van der Waals surface area contributed by atoms with Crippen molar-refractivity contribution in [1.29, 1.82) is 0 Å². The monoisotopic (exact) mass is 380 g/mol. The highest BCUT2D eigenvalue weighted by molar-refractivity contribution is 5.85. The molecule has 25 heavy (non-hydrogen) atoms. The van der Waals surface area contributed by atoms with Crippen LogP contribution in [-0.2, 0) is 11.3 Å². The molecule has 1 fully saturated rings. The number of hydrogen-bond acceptors (Lipinski definition) is 3. The standard InChI is InChI=1S/C17H23F3N2O2.ClH/c1-16(21)8-3-2-7-14(16)15(23)22-10-12-5-4-6-13(9-12)24-11-17(18,19)20;/h4-6,9,14H,2-3,7-8,10-11,21H2,1H3,(H,22,23);1H. The number of benzene rings is 1. The van der Waals surface area contributed by atoms with Crippen molar-refractivity contribution >= 4 is 18.3 Å². The molecule has 0 bridgehead atoms. The van der Waals surface area contributed by atoms with Crippen LogP contribution >= 0.6 is 12.4 Å². The molecule has 1 aliphatic rings. The molecule has 4 nitrogen and oxygen atoms in total. The molecule has 0 radical (unpaired) electrons. The molecule has 1 amide bonds. The van der Waals surface area contributed by atoms with Crippen molar-refractivity contribution in [3.8, 4) is 5.75 Å². The molecule has 0 spiro atoms. The Morgan fingerprint density at radius 1 is 1.40 bits per heavy atom.